The lowest BCUT2D eigenvalue weighted by Crippen LogP contribution is -2.24. The maximum Gasteiger partial charge on any atom is 0.295 e. The molecule has 1 unspecified atom stereocenters. The number of hydrogen-bond acceptors (Lipinski definition) is 5. The number of likely N-dealkylation sites (N-methyl/N-ethyl adjacent to an activating group) is 1. The predicted octanol–water partition coefficient (Wildman–Crippen LogP) is 3.28. The van der Waals surface area contributed by atoms with Gasteiger partial charge in [-0.2, -0.15) is 0 Å². The van der Waals surface area contributed by atoms with Gasteiger partial charge in [-0.05, 0) is 42.8 Å². The van der Waals surface area contributed by atoms with E-state index < -0.39 is 29.3 Å². The smallest absolute Gasteiger partial charge is 0.295 e. The molecule has 1 heterocycles. The number of ether oxygens (including phenoxy) is 2. The van der Waals surface area contributed by atoms with Gasteiger partial charge in [-0.1, -0.05) is 12.1 Å². The van der Waals surface area contributed by atoms with E-state index in [2.05, 4.69) is 0 Å². The number of ketones is 1. The highest BCUT2D eigenvalue weighted by molar-refractivity contribution is 6.46. The lowest BCUT2D eigenvalue weighted by molar-refractivity contribution is -0.139. The fraction of sp³-hybridized carbons (Fsp3) is 0.238. The molecule has 0 bridgehead atoms. The molecule has 28 heavy (non-hydrogen) atoms. The Hall–Kier alpha value is -3.35. The van der Waals surface area contributed by atoms with E-state index in [-0.39, 0.29) is 16.9 Å². The second-order valence-electron chi connectivity index (χ2n) is 6.26. The zero-order valence-corrected chi connectivity index (χ0v) is 15.7. The molecule has 1 aliphatic heterocycles. The zero-order chi connectivity index (χ0) is 20.4. The second-order valence-corrected chi connectivity index (χ2v) is 6.26. The first-order chi connectivity index (χ1) is 13.4. The summed E-state index contributed by atoms with van der Waals surface area (Å²) in [5.41, 5.74) is 0.453. The van der Waals surface area contributed by atoms with E-state index in [9.17, 15) is 19.1 Å². The van der Waals surface area contributed by atoms with Crippen LogP contribution in [0.2, 0.25) is 0 Å². The second kappa shape index (κ2) is 7.72. The summed E-state index contributed by atoms with van der Waals surface area (Å²) >= 11 is 0. The van der Waals surface area contributed by atoms with Crippen LogP contribution >= 0.6 is 0 Å². The molecule has 2 aromatic rings. The average Bonchev–Trinajstić information content (AvgIpc) is 2.92. The Morgan fingerprint density at radius 2 is 1.96 bits per heavy atom. The van der Waals surface area contributed by atoms with Crippen molar-refractivity contribution in [3.63, 3.8) is 0 Å². The van der Waals surface area contributed by atoms with Gasteiger partial charge in [0.05, 0.1) is 30.9 Å². The SMILES string of the molecule is CCOc1cccc(C2/C(=C(\O)c3cc(F)ccc3OC)C(=O)C(=O)N2C)c1. The summed E-state index contributed by atoms with van der Waals surface area (Å²) in [5.74, 6) is -1.96. The standard InChI is InChI=1S/C21H20FNO5/c1-4-28-14-7-5-6-12(10-14)18-17(20(25)21(26)23(18)2)19(24)15-11-13(22)8-9-16(15)27-3/h5-11,18,24H,4H2,1-3H3/b19-17+. The molecular weight excluding hydrogens is 365 g/mol. The summed E-state index contributed by atoms with van der Waals surface area (Å²) in [7, 11) is 2.84. The first kappa shape index (κ1) is 19.4. The molecule has 1 atom stereocenters. The van der Waals surface area contributed by atoms with E-state index in [0.717, 1.165) is 6.07 Å². The number of carbonyl (C=O) groups excluding carboxylic acids is 2. The maximum atomic E-state index is 13.8. The van der Waals surface area contributed by atoms with Gasteiger partial charge in [0.25, 0.3) is 11.7 Å². The van der Waals surface area contributed by atoms with Crippen LogP contribution in [0.25, 0.3) is 5.76 Å². The molecule has 0 aliphatic carbocycles. The van der Waals surface area contributed by atoms with Gasteiger partial charge in [-0.3, -0.25) is 9.59 Å². The number of aliphatic hydroxyl groups excluding tert-OH is 1. The Bertz CT molecular complexity index is 969. The molecule has 2 aromatic carbocycles. The Balaban J connectivity index is 2.20. The van der Waals surface area contributed by atoms with Crippen LogP contribution in [0.5, 0.6) is 11.5 Å². The third-order valence-electron chi connectivity index (χ3n) is 4.58. The van der Waals surface area contributed by atoms with Gasteiger partial charge in [-0.25, -0.2) is 4.39 Å². The Kier molecular flexibility index (Phi) is 5.35. The fourth-order valence-electron chi connectivity index (χ4n) is 3.29. The number of likely N-dealkylation sites (tertiary alicyclic amines) is 1. The van der Waals surface area contributed by atoms with Gasteiger partial charge < -0.3 is 19.5 Å². The van der Waals surface area contributed by atoms with Crippen LogP contribution < -0.4 is 9.47 Å². The van der Waals surface area contributed by atoms with Crippen molar-refractivity contribution >= 4 is 17.4 Å². The highest BCUT2D eigenvalue weighted by Crippen LogP contribution is 2.40. The third-order valence-corrected chi connectivity index (χ3v) is 4.58. The van der Waals surface area contributed by atoms with E-state index in [4.69, 9.17) is 9.47 Å². The Morgan fingerprint density at radius 3 is 2.64 bits per heavy atom. The number of Topliss-reactive ketones (excluding diaryl/α,β-unsaturated/α-hetero) is 1. The van der Waals surface area contributed by atoms with E-state index in [0.29, 0.717) is 17.9 Å². The quantitative estimate of drug-likeness (QED) is 0.486. The summed E-state index contributed by atoms with van der Waals surface area (Å²) in [6, 6.07) is 9.66. The minimum absolute atomic E-state index is 0.0000808. The van der Waals surface area contributed by atoms with E-state index in [1.165, 1.54) is 31.2 Å². The van der Waals surface area contributed by atoms with Crippen molar-refractivity contribution in [2.75, 3.05) is 20.8 Å². The van der Waals surface area contributed by atoms with Gasteiger partial charge in [0.15, 0.2) is 0 Å². The van der Waals surface area contributed by atoms with E-state index in [1.807, 2.05) is 6.92 Å². The summed E-state index contributed by atoms with van der Waals surface area (Å²) < 4.78 is 24.4. The van der Waals surface area contributed by atoms with Crippen molar-refractivity contribution in [3.8, 4) is 11.5 Å². The van der Waals surface area contributed by atoms with Crippen molar-refractivity contribution < 1.29 is 28.6 Å². The van der Waals surface area contributed by atoms with Gasteiger partial charge >= 0.3 is 0 Å². The molecular formula is C21H20FNO5. The molecule has 1 N–H and O–H groups in total. The predicted molar refractivity (Wildman–Crippen MR) is 101 cm³/mol. The molecule has 6 nitrogen and oxygen atoms in total. The first-order valence-electron chi connectivity index (χ1n) is 8.70. The summed E-state index contributed by atoms with van der Waals surface area (Å²) in [6.45, 7) is 2.30. The molecule has 1 saturated heterocycles. The van der Waals surface area contributed by atoms with Crippen LogP contribution in [-0.2, 0) is 9.59 Å². The zero-order valence-electron chi connectivity index (χ0n) is 15.7. The number of hydrogen-bond donors (Lipinski definition) is 1. The number of aliphatic hydroxyl groups is 1. The molecule has 3 rings (SSSR count). The molecule has 0 spiro atoms. The van der Waals surface area contributed by atoms with Crippen LogP contribution in [0.15, 0.2) is 48.0 Å². The summed E-state index contributed by atoms with van der Waals surface area (Å²) in [5, 5.41) is 10.9. The molecule has 1 amide bonds. The molecule has 0 aromatic heterocycles. The van der Waals surface area contributed by atoms with Crippen molar-refractivity contribution in [2.24, 2.45) is 0 Å². The molecule has 146 valence electrons. The van der Waals surface area contributed by atoms with E-state index in [1.54, 1.807) is 24.3 Å². The van der Waals surface area contributed by atoms with Crippen molar-refractivity contribution in [2.45, 2.75) is 13.0 Å². The third kappa shape index (κ3) is 3.31. The van der Waals surface area contributed by atoms with Gasteiger partial charge in [0, 0.05) is 7.05 Å². The normalized spacial score (nSPS) is 18.4. The van der Waals surface area contributed by atoms with Crippen molar-refractivity contribution in [3.05, 3.63) is 65.0 Å². The van der Waals surface area contributed by atoms with E-state index >= 15 is 0 Å². The number of rotatable bonds is 5. The first-order valence-corrected chi connectivity index (χ1v) is 8.70. The lowest BCUT2D eigenvalue weighted by Gasteiger charge is -2.22. The van der Waals surface area contributed by atoms with Crippen LogP contribution in [0, 0.1) is 5.82 Å². The lowest BCUT2D eigenvalue weighted by atomic mass is 9.95. The number of halogens is 1. The Labute approximate surface area is 161 Å². The fourth-order valence-corrected chi connectivity index (χ4v) is 3.29. The summed E-state index contributed by atoms with van der Waals surface area (Å²) in [6.07, 6.45) is 0. The van der Waals surface area contributed by atoms with Gasteiger partial charge in [0.2, 0.25) is 0 Å². The molecule has 1 fully saturated rings. The molecule has 7 heteroatoms. The number of nitrogens with zero attached hydrogens (tertiary/aromatic N) is 1. The van der Waals surface area contributed by atoms with Crippen LogP contribution in [0.4, 0.5) is 4.39 Å². The minimum Gasteiger partial charge on any atom is -0.507 e. The van der Waals surface area contributed by atoms with Crippen LogP contribution in [0.3, 0.4) is 0 Å². The number of amides is 1. The topological polar surface area (TPSA) is 76.1 Å². The minimum atomic E-state index is -0.849. The highest BCUT2D eigenvalue weighted by Gasteiger charge is 2.44. The summed E-state index contributed by atoms with van der Waals surface area (Å²) in [4.78, 5) is 26.2. The van der Waals surface area contributed by atoms with Crippen molar-refractivity contribution in [1.82, 2.24) is 4.90 Å². The van der Waals surface area contributed by atoms with Gasteiger partial charge in [0.1, 0.15) is 23.1 Å². The Morgan fingerprint density at radius 1 is 1.21 bits per heavy atom. The molecule has 1 aliphatic rings. The monoisotopic (exact) mass is 385 g/mol. The number of carbonyl (C=O) groups is 2. The van der Waals surface area contributed by atoms with Crippen LogP contribution in [-0.4, -0.2) is 42.5 Å². The van der Waals surface area contributed by atoms with Gasteiger partial charge in [-0.15, -0.1) is 0 Å². The molecule has 0 radical (unpaired) electrons. The molecule has 0 saturated carbocycles. The number of benzene rings is 2. The number of methoxy groups -OCH3 is 1. The largest absolute Gasteiger partial charge is 0.507 e. The van der Waals surface area contributed by atoms with Crippen LogP contribution in [0.1, 0.15) is 24.1 Å². The highest BCUT2D eigenvalue weighted by atomic mass is 19.1. The van der Waals surface area contributed by atoms with Crippen molar-refractivity contribution in [1.29, 1.82) is 0 Å². The average molecular weight is 385 g/mol. The maximum absolute atomic E-state index is 13.8.